The molecule has 6 rings (SSSR count). The fourth-order valence-corrected chi connectivity index (χ4v) is 5.84. The molecule has 47 heavy (non-hydrogen) atoms. The zero-order valence-electron chi connectivity index (χ0n) is 26.2. The second-order valence-electron chi connectivity index (χ2n) is 11.6. The van der Waals surface area contributed by atoms with Gasteiger partial charge in [0.15, 0.2) is 5.82 Å². The summed E-state index contributed by atoms with van der Waals surface area (Å²) in [6.45, 7) is 4.30. The van der Waals surface area contributed by atoms with Crippen molar-refractivity contribution in [1.82, 2.24) is 40.1 Å². The second-order valence-corrected chi connectivity index (χ2v) is 12.0. The van der Waals surface area contributed by atoms with Gasteiger partial charge in [0.1, 0.15) is 23.8 Å². The lowest BCUT2D eigenvalue weighted by Crippen LogP contribution is -2.45. The van der Waals surface area contributed by atoms with Crippen LogP contribution >= 0.6 is 11.6 Å². The van der Waals surface area contributed by atoms with Crippen molar-refractivity contribution in [1.29, 1.82) is 0 Å². The first-order valence-electron chi connectivity index (χ1n) is 15.3. The Morgan fingerprint density at radius 3 is 2.34 bits per heavy atom. The van der Waals surface area contributed by atoms with E-state index in [1.807, 2.05) is 43.4 Å². The normalized spacial score (nSPS) is 14.1. The van der Waals surface area contributed by atoms with E-state index in [-0.39, 0.29) is 12.2 Å². The first kappa shape index (κ1) is 31.9. The highest BCUT2D eigenvalue weighted by Crippen LogP contribution is 2.30. The lowest BCUT2D eigenvalue weighted by Gasteiger charge is -2.27. The number of rotatable bonds is 10. The van der Waals surface area contributed by atoms with E-state index < -0.39 is 17.9 Å². The summed E-state index contributed by atoms with van der Waals surface area (Å²) < 4.78 is 3.26. The van der Waals surface area contributed by atoms with Crippen LogP contribution in [0, 0.1) is 0 Å². The fourth-order valence-electron chi connectivity index (χ4n) is 5.65. The molecule has 13 heteroatoms. The van der Waals surface area contributed by atoms with Crippen LogP contribution in [0.3, 0.4) is 0 Å². The molecule has 2 aromatic heterocycles. The molecule has 3 aromatic carbocycles. The molecule has 1 unspecified atom stereocenters. The van der Waals surface area contributed by atoms with Crippen molar-refractivity contribution in [2.75, 3.05) is 31.5 Å². The number of piperazine rings is 1. The van der Waals surface area contributed by atoms with Gasteiger partial charge in [0.2, 0.25) is 5.91 Å². The molecule has 2 amide bonds. The van der Waals surface area contributed by atoms with Crippen molar-refractivity contribution >= 4 is 29.1 Å². The van der Waals surface area contributed by atoms with Gasteiger partial charge in [-0.25, -0.2) is 0 Å². The molecule has 4 N–H and O–H groups in total. The zero-order chi connectivity index (χ0) is 32.9. The van der Waals surface area contributed by atoms with Crippen molar-refractivity contribution in [3.05, 3.63) is 101 Å². The summed E-state index contributed by atoms with van der Waals surface area (Å²) in [7, 11) is 3.52. The Morgan fingerprint density at radius 1 is 0.957 bits per heavy atom. The second kappa shape index (κ2) is 14.2. The van der Waals surface area contributed by atoms with E-state index in [0.29, 0.717) is 34.3 Å². The van der Waals surface area contributed by atoms with Gasteiger partial charge >= 0.3 is 0 Å². The number of aromatic nitrogens is 5. The third-order valence-corrected chi connectivity index (χ3v) is 8.65. The van der Waals surface area contributed by atoms with E-state index in [4.69, 9.17) is 11.6 Å². The van der Waals surface area contributed by atoms with Crippen molar-refractivity contribution in [3.8, 4) is 28.3 Å². The molecule has 1 saturated heterocycles. The first-order valence-corrected chi connectivity index (χ1v) is 15.7. The van der Waals surface area contributed by atoms with Gasteiger partial charge in [0.05, 0.1) is 0 Å². The summed E-state index contributed by atoms with van der Waals surface area (Å²) >= 11 is 6.69. The Balaban J connectivity index is 1.24. The molecule has 0 saturated carbocycles. The maximum absolute atomic E-state index is 13.8. The number of hydrogen-bond donors (Lipinski definition) is 4. The summed E-state index contributed by atoms with van der Waals surface area (Å²) in [4.78, 5) is 29.3. The molecular formula is C34H36ClN9O3. The quantitative estimate of drug-likeness (QED) is 0.179. The van der Waals surface area contributed by atoms with Crippen LogP contribution in [0.5, 0.6) is 5.75 Å². The third kappa shape index (κ3) is 7.51. The average molecular weight is 654 g/mol. The number of aryl methyl sites for hydroxylation is 2. The predicted molar refractivity (Wildman–Crippen MR) is 180 cm³/mol. The van der Waals surface area contributed by atoms with E-state index in [1.165, 1.54) is 10.9 Å². The van der Waals surface area contributed by atoms with Crippen LogP contribution in [0.4, 0.5) is 5.69 Å². The van der Waals surface area contributed by atoms with Gasteiger partial charge in [-0.3, -0.25) is 19.2 Å². The van der Waals surface area contributed by atoms with Crippen molar-refractivity contribution in [3.63, 3.8) is 0 Å². The fraction of sp³-hybridized carbons (Fsp3) is 0.265. The van der Waals surface area contributed by atoms with Gasteiger partial charge in [-0.1, -0.05) is 23.7 Å². The molecule has 0 spiro atoms. The largest absolute Gasteiger partial charge is 0.508 e. The molecular weight excluding hydrogens is 618 g/mol. The Labute approximate surface area is 277 Å². The van der Waals surface area contributed by atoms with Crippen LogP contribution in [0.25, 0.3) is 22.5 Å². The van der Waals surface area contributed by atoms with E-state index in [9.17, 15) is 14.7 Å². The number of aromatic hydroxyl groups is 1. The van der Waals surface area contributed by atoms with Crippen molar-refractivity contribution in [2.45, 2.75) is 19.0 Å². The number of carbonyl (C=O) groups is 2. The molecule has 1 atom stereocenters. The molecule has 0 radical (unpaired) electrons. The monoisotopic (exact) mass is 653 g/mol. The van der Waals surface area contributed by atoms with Crippen LogP contribution in [0.1, 0.15) is 21.6 Å². The predicted octanol–water partition coefficient (Wildman–Crippen LogP) is 3.63. The van der Waals surface area contributed by atoms with Crippen LogP contribution in [0.15, 0.2) is 79.3 Å². The molecule has 1 fully saturated rings. The molecule has 0 aliphatic carbocycles. The van der Waals surface area contributed by atoms with Gasteiger partial charge in [0.25, 0.3) is 5.91 Å². The number of phenols is 1. The van der Waals surface area contributed by atoms with Gasteiger partial charge in [-0.15, -0.1) is 10.2 Å². The summed E-state index contributed by atoms with van der Waals surface area (Å²) in [5, 5.41) is 32.4. The molecule has 242 valence electrons. The van der Waals surface area contributed by atoms with Crippen LogP contribution in [0.2, 0.25) is 5.02 Å². The van der Waals surface area contributed by atoms with E-state index in [0.717, 1.165) is 48.4 Å². The van der Waals surface area contributed by atoms with E-state index in [1.54, 1.807) is 48.3 Å². The number of hydrogen-bond acceptors (Lipinski definition) is 8. The first-order chi connectivity index (χ1) is 22.7. The average Bonchev–Trinajstić information content (AvgIpc) is 3.71. The lowest BCUT2D eigenvalue weighted by molar-refractivity contribution is -0.118. The maximum atomic E-state index is 13.8. The number of amides is 2. The van der Waals surface area contributed by atoms with Crippen LogP contribution in [-0.2, 0) is 31.9 Å². The summed E-state index contributed by atoms with van der Waals surface area (Å²) in [5.41, 5.74) is 5.03. The smallest absolute Gasteiger partial charge is 0.270 e. The zero-order valence-corrected chi connectivity index (χ0v) is 26.9. The SMILES string of the molecule is Cn1cnnc1-c1ccc(NC(=O)C(Cc2cc(-c3ccc(O)c(CN4CCNCC4)c3)ccc2Cl)NC(=O)c2ccnn2C)cc1. The molecule has 0 bridgehead atoms. The molecule has 1 aliphatic rings. The third-order valence-electron chi connectivity index (χ3n) is 8.28. The van der Waals surface area contributed by atoms with Crippen LogP contribution in [-0.4, -0.2) is 78.6 Å². The molecule has 5 aromatic rings. The number of nitrogens with one attached hydrogen (secondary N) is 3. The summed E-state index contributed by atoms with van der Waals surface area (Å²) in [6, 6.07) is 19.1. The highest BCUT2D eigenvalue weighted by atomic mass is 35.5. The number of nitrogens with zero attached hydrogens (tertiary/aromatic N) is 6. The van der Waals surface area contributed by atoms with Crippen molar-refractivity contribution < 1.29 is 14.7 Å². The number of carbonyl (C=O) groups excluding carboxylic acids is 2. The lowest BCUT2D eigenvalue weighted by atomic mass is 9.97. The maximum Gasteiger partial charge on any atom is 0.270 e. The molecule has 1 aliphatic heterocycles. The number of anilines is 1. The van der Waals surface area contributed by atoms with Gasteiger partial charge in [-0.05, 0) is 71.3 Å². The highest BCUT2D eigenvalue weighted by Gasteiger charge is 2.25. The molecule has 3 heterocycles. The Morgan fingerprint density at radius 2 is 1.66 bits per heavy atom. The Hall–Kier alpha value is -5.04. The topological polar surface area (TPSA) is 142 Å². The molecule has 12 nitrogen and oxygen atoms in total. The minimum Gasteiger partial charge on any atom is -0.508 e. The minimum absolute atomic E-state index is 0.130. The number of phenolic OH excluding ortho intramolecular Hbond substituents is 1. The van der Waals surface area contributed by atoms with Gasteiger partial charge in [0, 0.05) is 81.3 Å². The summed E-state index contributed by atoms with van der Waals surface area (Å²) in [6.07, 6.45) is 3.27. The highest BCUT2D eigenvalue weighted by molar-refractivity contribution is 6.31. The van der Waals surface area contributed by atoms with E-state index >= 15 is 0 Å². The van der Waals surface area contributed by atoms with Crippen LogP contribution < -0.4 is 16.0 Å². The Kier molecular flexibility index (Phi) is 9.62. The number of benzene rings is 3. The summed E-state index contributed by atoms with van der Waals surface area (Å²) in [5.74, 6) is 0.103. The van der Waals surface area contributed by atoms with Gasteiger partial charge < -0.3 is 25.6 Å². The van der Waals surface area contributed by atoms with Gasteiger partial charge in [-0.2, -0.15) is 5.10 Å². The Bertz CT molecular complexity index is 1880. The standard InChI is InChI=1S/C34H36ClN9O3/c1-42-21-37-41-32(42)22-3-7-27(8-4-22)39-33(46)29(40-34(47)30-11-12-38-43(30)2)19-25-17-23(5-9-28(25)35)24-6-10-31(45)26(18-24)20-44-15-13-36-14-16-44/h3-12,17-18,21,29,36,45H,13-16,19-20H2,1-2H3,(H,39,46)(H,40,47). The van der Waals surface area contributed by atoms with Crippen molar-refractivity contribution in [2.24, 2.45) is 14.1 Å². The number of halogens is 1. The minimum atomic E-state index is -0.966. The van der Waals surface area contributed by atoms with E-state index in [2.05, 4.69) is 36.1 Å².